The van der Waals surface area contributed by atoms with E-state index in [0.29, 0.717) is 5.96 Å². The molecule has 0 saturated carbocycles. The van der Waals surface area contributed by atoms with Gasteiger partial charge in [0.25, 0.3) is 0 Å². The number of benzene rings is 1. The van der Waals surface area contributed by atoms with Gasteiger partial charge in [0, 0.05) is 20.6 Å². The first-order valence-electron chi connectivity index (χ1n) is 4.71. The van der Waals surface area contributed by atoms with Gasteiger partial charge in [-0.15, -0.1) is 0 Å². The number of nitrogens with two attached hydrogens (primary N) is 1. The van der Waals surface area contributed by atoms with Crippen LogP contribution in [0.25, 0.3) is 0 Å². The first-order chi connectivity index (χ1) is 6.74. The van der Waals surface area contributed by atoms with Gasteiger partial charge in [0.1, 0.15) is 0 Å². The third-order valence-corrected chi connectivity index (χ3v) is 2.20. The molecule has 0 saturated heterocycles. The van der Waals surface area contributed by atoms with Crippen molar-refractivity contribution >= 4 is 5.96 Å². The van der Waals surface area contributed by atoms with E-state index < -0.39 is 0 Å². The molecule has 0 aromatic heterocycles. The second-order valence-electron chi connectivity index (χ2n) is 3.24. The summed E-state index contributed by atoms with van der Waals surface area (Å²) in [6, 6.07) is 10.4. The van der Waals surface area contributed by atoms with Crippen LogP contribution in [0.15, 0.2) is 35.3 Å². The van der Waals surface area contributed by atoms with Crippen LogP contribution < -0.4 is 5.73 Å². The van der Waals surface area contributed by atoms with Crippen molar-refractivity contribution in [3.63, 3.8) is 0 Å². The Morgan fingerprint density at radius 3 is 2.57 bits per heavy atom. The van der Waals surface area contributed by atoms with E-state index in [1.54, 1.807) is 7.05 Å². The molecule has 0 aliphatic rings. The van der Waals surface area contributed by atoms with Gasteiger partial charge in [0.05, 0.1) is 0 Å². The van der Waals surface area contributed by atoms with Gasteiger partial charge < -0.3 is 10.6 Å². The summed E-state index contributed by atoms with van der Waals surface area (Å²) in [5.74, 6) is 0.584. The molecule has 0 heterocycles. The highest BCUT2D eigenvalue weighted by atomic mass is 15.2. The van der Waals surface area contributed by atoms with Crippen molar-refractivity contribution in [2.75, 3.05) is 20.6 Å². The summed E-state index contributed by atoms with van der Waals surface area (Å²) in [6.07, 6.45) is 0.994. The lowest BCUT2D eigenvalue weighted by atomic mass is 10.1. The minimum Gasteiger partial charge on any atom is -0.370 e. The number of nitrogens with zero attached hydrogens (tertiary/aromatic N) is 2. The van der Waals surface area contributed by atoms with Crippen molar-refractivity contribution in [2.24, 2.45) is 10.7 Å². The van der Waals surface area contributed by atoms with Crippen molar-refractivity contribution in [1.29, 1.82) is 0 Å². The number of guanidine groups is 1. The molecule has 0 aliphatic carbocycles. The normalized spacial score (nSPS) is 11.4. The molecule has 76 valence electrons. The van der Waals surface area contributed by atoms with Crippen LogP contribution in [0.2, 0.25) is 0 Å². The van der Waals surface area contributed by atoms with Gasteiger partial charge in [-0.2, -0.15) is 0 Å². The van der Waals surface area contributed by atoms with Crippen molar-refractivity contribution < 1.29 is 0 Å². The van der Waals surface area contributed by atoms with Gasteiger partial charge in [-0.05, 0) is 12.0 Å². The summed E-state index contributed by atoms with van der Waals surface area (Å²) in [7, 11) is 3.65. The molecule has 0 bridgehead atoms. The highest BCUT2D eigenvalue weighted by molar-refractivity contribution is 5.77. The van der Waals surface area contributed by atoms with Crippen molar-refractivity contribution in [3.8, 4) is 0 Å². The molecule has 0 unspecified atom stereocenters. The lowest BCUT2D eigenvalue weighted by Gasteiger charge is -2.17. The van der Waals surface area contributed by atoms with Crippen LogP contribution in [0, 0.1) is 0 Å². The first-order valence-corrected chi connectivity index (χ1v) is 4.71. The third kappa shape index (κ3) is 3.09. The van der Waals surface area contributed by atoms with Gasteiger partial charge in [-0.1, -0.05) is 30.3 Å². The van der Waals surface area contributed by atoms with E-state index in [1.165, 1.54) is 5.56 Å². The second-order valence-corrected chi connectivity index (χ2v) is 3.24. The lowest BCUT2D eigenvalue weighted by Crippen LogP contribution is -2.35. The molecule has 0 atom stereocenters. The summed E-state index contributed by atoms with van der Waals surface area (Å²) in [6.45, 7) is 0.896. The number of rotatable bonds is 3. The standard InChI is InChI=1S/C11H17N3/c1-13-11(12)14(2)9-8-10-6-4-3-5-7-10/h3-7H,8-9H2,1-2H3,(H2,12,13). The number of hydrogen-bond donors (Lipinski definition) is 1. The fourth-order valence-corrected chi connectivity index (χ4v) is 1.23. The second kappa shape index (κ2) is 5.27. The Morgan fingerprint density at radius 2 is 2.00 bits per heavy atom. The van der Waals surface area contributed by atoms with E-state index in [9.17, 15) is 0 Å². The zero-order valence-corrected chi connectivity index (χ0v) is 8.77. The molecule has 1 aromatic rings. The Kier molecular flexibility index (Phi) is 3.98. The molecule has 1 aromatic carbocycles. The summed E-state index contributed by atoms with van der Waals surface area (Å²) in [5.41, 5.74) is 6.98. The number of hydrogen-bond acceptors (Lipinski definition) is 1. The minimum atomic E-state index is 0.584. The fraction of sp³-hybridized carbons (Fsp3) is 0.364. The zero-order valence-electron chi connectivity index (χ0n) is 8.77. The maximum atomic E-state index is 5.66. The van der Waals surface area contributed by atoms with Gasteiger partial charge in [-0.25, -0.2) is 0 Å². The van der Waals surface area contributed by atoms with Gasteiger partial charge in [0.15, 0.2) is 5.96 Å². The Balaban J connectivity index is 2.42. The van der Waals surface area contributed by atoms with E-state index >= 15 is 0 Å². The quantitative estimate of drug-likeness (QED) is 0.574. The van der Waals surface area contributed by atoms with Crippen LogP contribution in [-0.2, 0) is 6.42 Å². The highest BCUT2D eigenvalue weighted by Crippen LogP contribution is 2.00. The van der Waals surface area contributed by atoms with Gasteiger partial charge >= 0.3 is 0 Å². The predicted octanol–water partition coefficient (Wildman–Crippen LogP) is 1.11. The summed E-state index contributed by atoms with van der Waals surface area (Å²) in [4.78, 5) is 5.87. The van der Waals surface area contributed by atoms with Gasteiger partial charge in [0.2, 0.25) is 0 Å². The molecule has 0 aliphatic heterocycles. The van der Waals surface area contributed by atoms with E-state index in [4.69, 9.17) is 5.73 Å². The Hall–Kier alpha value is -1.51. The molecular formula is C11H17N3. The molecule has 3 heteroatoms. The fourth-order valence-electron chi connectivity index (χ4n) is 1.23. The van der Waals surface area contributed by atoms with Crippen LogP contribution >= 0.6 is 0 Å². The Morgan fingerprint density at radius 1 is 1.36 bits per heavy atom. The van der Waals surface area contributed by atoms with Crippen LogP contribution in [0.4, 0.5) is 0 Å². The SMILES string of the molecule is CN=C(N)N(C)CCc1ccccc1. The van der Waals surface area contributed by atoms with Gasteiger partial charge in [-0.3, -0.25) is 4.99 Å². The van der Waals surface area contributed by atoms with Crippen LogP contribution in [0.5, 0.6) is 0 Å². The molecule has 0 amide bonds. The number of likely N-dealkylation sites (N-methyl/N-ethyl adjacent to an activating group) is 1. The smallest absolute Gasteiger partial charge is 0.190 e. The molecular weight excluding hydrogens is 174 g/mol. The van der Waals surface area contributed by atoms with Crippen molar-refractivity contribution in [2.45, 2.75) is 6.42 Å². The van der Waals surface area contributed by atoms with E-state index in [1.807, 2.05) is 30.1 Å². The number of aliphatic imine (C=N–C) groups is 1. The third-order valence-electron chi connectivity index (χ3n) is 2.20. The largest absolute Gasteiger partial charge is 0.370 e. The van der Waals surface area contributed by atoms with Crippen molar-refractivity contribution in [3.05, 3.63) is 35.9 Å². The molecule has 0 spiro atoms. The summed E-state index contributed by atoms with van der Waals surface area (Å²) < 4.78 is 0. The maximum absolute atomic E-state index is 5.66. The monoisotopic (exact) mass is 191 g/mol. The Bertz CT molecular complexity index is 293. The molecule has 0 fully saturated rings. The molecule has 0 radical (unpaired) electrons. The van der Waals surface area contributed by atoms with E-state index in [-0.39, 0.29) is 0 Å². The molecule has 3 nitrogen and oxygen atoms in total. The van der Waals surface area contributed by atoms with E-state index in [0.717, 1.165) is 13.0 Å². The van der Waals surface area contributed by atoms with Crippen molar-refractivity contribution in [1.82, 2.24) is 4.90 Å². The minimum absolute atomic E-state index is 0.584. The molecule has 2 N–H and O–H groups in total. The lowest BCUT2D eigenvalue weighted by molar-refractivity contribution is 0.502. The average Bonchev–Trinajstić information content (AvgIpc) is 2.26. The zero-order chi connectivity index (χ0) is 10.4. The van der Waals surface area contributed by atoms with Crippen LogP contribution in [0.1, 0.15) is 5.56 Å². The first kappa shape index (κ1) is 10.6. The summed E-state index contributed by atoms with van der Waals surface area (Å²) in [5, 5.41) is 0. The highest BCUT2D eigenvalue weighted by Gasteiger charge is 2.00. The summed E-state index contributed by atoms with van der Waals surface area (Å²) >= 11 is 0. The Labute approximate surface area is 85.3 Å². The van der Waals surface area contributed by atoms with E-state index in [2.05, 4.69) is 17.1 Å². The predicted molar refractivity (Wildman–Crippen MR) is 60.3 cm³/mol. The maximum Gasteiger partial charge on any atom is 0.190 e. The van der Waals surface area contributed by atoms with Crippen LogP contribution in [0.3, 0.4) is 0 Å². The molecule has 14 heavy (non-hydrogen) atoms. The van der Waals surface area contributed by atoms with Crippen LogP contribution in [-0.4, -0.2) is 31.5 Å². The average molecular weight is 191 g/mol. The molecule has 1 rings (SSSR count). The topological polar surface area (TPSA) is 41.6 Å².